The zero-order valence-electron chi connectivity index (χ0n) is 24.4. The Kier molecular flexibility index (Phi) is 8.36. The summed E-state index contributed by atoms with van der Waals surface area (Å²) in [6.45, 7) is 20.7. The van der Waals surface area contributed by atoms with E-state index in [4.69, 9.17) is 4.74 Å². The molecule has 7 heteroatoms. The topological polar surface area (TPSA) is 55.6 Å². The van der Waals surface area contributed by atoms with Gasteiger partial charge in [-0.15, -0.1) is 11.8 Å². The highest BCUT2D eigenvalue weighted by atomic mass is 32.2. The third-order valence-corrected chi connectivity index (χ3v) is 8.45. The van der Waals surface area contributed by atoms with Crippen molar-refractivity contribution < 1.29 is 4.74 Å². The zero-order chi connectivity index (χ0) is 29.1. The van der Waals surface area contributed by atoms with E-state index in [1.54, 1.807) is 18.9 Å². The highest BCUT2D eigenvalue weighted by Crippen LogP contribution is 2.37. The summed E-state index contributed by atoms with van der Waals surface area (Å²) in [5.74, 6) is 1.79. The number of aryl methyl sites for hydroxylation is 2. The minimum atomic E-state index is 0.863. The van der Waals surface area contributed by atoms with E-state index in [1.165, 1.54) is 5.56 Å². The molecule has 0 unspecified atom stereocenters. The number of hydrogen-bond donors (Lipinski definition) is 3. The molecule has 0 aliphatic carbocycles. The molecule has 1 aromatic heterocycles. The van der Waals surface area contributed by atoms with Crippen LogP contribution >= 0.6 is 11.8 Å². The fourth-order valence-electron chi connectivity index (χ4n) is 5.32. The molecule has 0 atom stereocenters. The number of anilines is 2. The lowest BCUT2D eigenvalue weighted by atomic mass is 10.1. The molecule has 3 N–H and O–H groups in total. The van der Waals surface area contributed by atoms with Crippen molar-refractivity contribution in [1.82, 2.24) is 14.8 Å². The number of hydrogen-bond acceptors (Lipinski definition) is 6. The summed E-state index contributed by atoms with van der Waals surface area (Å²) < 4.78 is 5.66. The number of nitrogens with zero attached hydrogens (tertiary/aromatic N) is 2. The number of aromatic nitrogens is 1. The molecular weight excluding hydrogens is 526 g/mol. The number of ether oxygens (including phenoxy) is 1. The Morgan fingerprint density at radius 1 is 0.854 bits per heavy atom. The Morgan fingerprint density at radius 2 is 1.46 bits per heavy atom. The van der Waals surface area contributed by atoms with Gasteiger partial charge in [-0.25, -0.2) is 0 Å². The van der Waals surface area contributed by atoms with Crippen LogP contribution in [0.5, 0.6) is 5.75 Å². The number of aromatic amines is 1. The largest absolute Gasteiger partial charge is 0.496 e. The van der Waals surface area contributed by atoms with Gasteiger partial charge in [-0.05, 0) is 62.1 Å². The van der Waals surface area contributed by atoms with Crippen LogP contribution in [0.2, 0.25) is 0 Å². The number of H-pyrrole nitrogens is 1. The van der Waals surface area contributed by atoms with Gasteiger partial charge in [0.15, 0.2) is 0 Å². The molecular formula is C34H39N5OS. The highest BCUT2D eigenvalue weighted by molar-refractivity contribution is 7.98. The maximum Gasteiger partial charge on any atom is 0.133 e. The molecule has 0 radical (unpaired) electrons. The summed E-state index contributed by atoms with van der Waals surface area (Å²) in [6.07, 6.45) is 2.07. The zero-order valence-corrected chi connectivity index (χ0v) is 25.3. The molecule has 5 rings (SSSR count). The predicted molar refractivity (Wildman–Crippen MR) is 177 cm³/mol. The first-order valence-electron chi connectivity index (χ1n) is 13.8. The van der Waals surface area contributed by atoms with Gasteiger partial charge in [0, 0.05) is 71.1 Å². The van der Waals surface area contributed by atoms with Crippen LogP contribution in [0.15, 0.2) is 91.1 Å². The molecule has 1 fully saturated rings. The van der Waals surface area contributed by atoms with E-state index in [0.717, 1.165) is 93.1 Å². The van der Waals surface area contributed by atoms with Crippen molar-refractivity contribution in [2.45, 2.75) is 18.7 Å². The van der Waals surface area contributed by atoms with Crippen molar-refractivity contribution in [3.8, 4) is 5.75 Å². The van der Waals surface area contributed by atoms with Gasteiger partial charge in [0.05, 0.1) is 17.8 Å². The van der Waals surface area contributed by atoms with Crippen LogP contribution in [-0.4, -0.2) is 54.3 Å². The Bertz CT molecular complexity index is 1580. The summed E-state index contributed by atoms with van der Waals surface area (Å²) in [5.41, 5.74) is 9.63. The molecule has 1 aliphatic rings. The quantitative estimate of drug-likeness (QED) is 0.171. The summed E-state index contributed by atoms with van der Waals surface area (Å²) >= 11 is 1.69. The monoisotopic (exact) mass is 565 g/mol. The van der Waals surface area contributed by atoms with Crippen LogP contribution < -0.4 is 15.4 Å². The Morgan fingerprint density at radius 3 is 2.07 bits per heavy atom. The third-order valence-electron chi connectivity index (χ3n) is 7.69. The lowest BCUT2D eigenvalue weighted by Gasteiger charge is -2.39. The second-order valence-corrected chi connectivity index (χ2v) is 11.3. The first kappa shape index (κ1) is 28.3. The van der Waals surface area contributed by atoms with Crippen molar-refractivity contribution in [2.24, 2.45) is 0 Å². The van der Waals surface area contributed by atoms with Crippen molar-refractivity contribution in [3.63, 3.8) is 0 Å². The van der Waals surface area contributed by atoms with Crippen molar-refractivity contribution in [1.29, 1.82) is 0 Å². The summed E-state index contributed by atoms with van der Waals surface area (Å²) in [4.78, 5) is 9.34. The van der Waals surface area contributed by atoms with Gasteiger partial charge >= 0.3 is 0 Å². The first-order chi connectivity index (χ1) is 19.8. The van der Waals surface area contributed by atoms with E-state index in [1.807, 2.05) is 0 Å². The number of rotatable bonds is 10. The van der Waals surface area contributed by atoms with Crippen LogP contribution in [0.4, 0.5) is 11.4 Å². The van der Waals surface area contributed by atoms with E-state index in [0.29, 0.717) is 0 Å². The molecule has 4 aromatic rings. The van der Waals surface area contributed by atoms with E-state index < -0.39 is 0 Å². The molecule has 0 amide bonds. The van der Waals surface area contributed by atoms with Crippen LogP contribution in [0.25, 0.3) is 22.3 Å². The Labute approximate surface area is 247 Å². The minimum absolute atomic E-state index is 0.863. The molecule has 41 heavy (non-hydrogen) atoms. The van der Waals surface area contributed by atoms with Crippen LogP contribution in [0, 0.1) is 13.8 Å². The molecule has 3 aromatic carbocycles. The number of methoxy groups -OCH3 is 1. The standard InChI is InChI=1S/C34H39N5OS/c1-22-8-10-27(11-9-22)23(2)35-28-12-14-29(15-13-28)37-26(5)39-18-16-38(17-19-39)25(4)34-24(3)36-31-21-33(41-7)32(40-6)20-30(31)34/h8-15,20-21,35-37H,2,4-5,16-19H2,1,3,6-7H3. The van der Waals surface area contributed by atoms with Gasteiger partial charge < -0.3 is 30.2 Å². The predicted octanol–water partition coefficient (Wildman–Crippen LogP) is 7.77. The fraction of sp³-hybridized carbons (Fsp3) is 0.235. The molecule has 1 saturated heterocycles. The van der Waals surface area contributed by atoms with E-state index >= 15 is 0 Å². The molecule has 1 aliphatic heterocycles. The van der Waals surface area contributed by atoms with Crippen LogP contribution in [0.3, 0.4) is 0 Å². The van der Waals surface area contributed by atoms with E-state index in [9.17, 15) is 0 Å². The summed E-state index contributed by atoms with van der Waals surface area (Å²) in [7, 11) is 1.73. The molecule has 0 bridgehead atoms. The van der Waals surface area contributed by atoms with Crippen molar-refractivity contribution >= 4 is 45.4 Å². The lowest BCUT2D eigenvalue weighted by Crippen LogP contribution is -2.45. The van der Waals surface area contributed by atoms with Gasteiger partial charge in [0.1, 0.15) is 5.75 Å². The Balaban J connectivity index is 1.17. The summed E-state index contributed by atoms with van der Waals surface area (Å²) in [5, 5.41) is 8.02. The van der Waals surface area contributed by atoms with Crippen molar-refractivity contribution in [3.05, 3.63) is 109 Å². The molecule has 212 valence electrons. The fourth-order valence-corrected chi connectivity index (χ4v) is 5.89. The first-order valence-corrected chi connectivity index (χ1v) is 15.0. The van der Waals surface area contributed by atoms with Gasteiger partial charge in [0.25, 0.3) is 0 Å². The number of thioether (sulfide) groups is 1. The smallest absolute Gasteiger partial charge is 0.133 e. The number of benzene rings is 3. The molecule has 2 heterocycles. The third kappa shape index (κ3) is 6.10. The molecule has 0 saturated carbocycles. The molecule has 0 spiro atoms. The lowest BCUT2D eigenvalue weighted by molar-refractivity contribution is 0.216. The van der Waals surface area contributed by atoms with Gasteiger partial charge in [-0.1, -0.05) is 49.6 Å². The van der Waals surface area contributed by atoms with E-state index in [2.05, 4.69) is 126 Å². The highest BCUT2D eigenvalue weighted by Gasteiger charge is 2.23. The van der Waals surface area contributed by atoms with Crippen LogP contribution in [0.1, 0.15) is 22.4 Å². The SMILES string of the molecule is C=C(Nc1ccc(NC(=C)N2CCN(C(=C)c3c(C)[nH]c4cc(SC)c(OC)cc34)CC2)cc1)c1ccc(C)cc1. The normalized spacial score (nSPS) is 13.3. The summed E-state index contributed by atoms with van der Waals surface area (Å²) in [6, 6.07) is 20.9. The number of nitrogens with one attached hydrogen (secondary N) is 3. The molecule has 6 nitrogen and oxygen atoms in total. The Hall–Kier alpha value is -4.23. The van der Waals surface area contributed by atoms with Crippen molar-refractivity contribution in [2.75, 3.05) is 50.2 Å². The second kappa shape index (κ2) is 12.1. The van der Waals surface area contributed by atoms with Gasteiger partial charge in [-0.2, -0.15) is 0 Å². The van der Waals surface area contributed by atoms with E-state index in [-0.39, 0.29) is 0 Å². The second-order valence-electron chi connectivity index (χ2n) is 10.4. The maximum absolute atomic E-state index is 5.66. The number of fused-ring (bicyclic) bond motifs is 1. The minimum Gasteiger partial charge on any atom is -0.496 e. The number of piperazine rings is 1. The van der Waals surface area contributed by atoms with Gasteiger partial charge in [0.2, 0.25) is 0 Å². The maximum atomic E-state index is 5.66. The van der Waals surface area contributed by atoms with Gasteiger partial charge in [-0.3, -0.25) is 0 Å². The van der Waals surface area contributed by atoms with Crippen LogP contribution in [-0.2, 0) is 0 Å². The average molecular weight is 566 g/mol. The average Bonchev–Trinajstić information content (AvgIpc) is 3.31.